The van der Waals surface area contributed by atoms with E-state index >= 15 is 0 Å². The van der Waals surface area contributed by atoms with Crippen LogP contribution in [0.2, 0.25) is 0 Å². The lowest BCUT2D eigenvalue weighted by Gasteiger charge is -2.36. The molecule has 0 aromatic heterocycles. The van der Waals surface area contributed by atoms with Crippen LogP contribution in [0.25, 0.3) is 0 Å². The molecule has 4 heteroatoms. The van der Waals surface area contributed by atoms with Crippen molar-refractivity contribution in [1.29, 1.82) is 0 Å². The standard InChI is InChI=1S/C17H26N2O2/c1-12-7-5-6-8-13(12)11-18-14-9-15(10-14)19-16(20)21-17(2,3)4/h5-8,14-15,18H,9-11H2,1-4H3,(H,19,20). The Bertz CT molecular complexity index is 488. The van der Waals surface area contributed by atoms with Crippen LogP contribution < -0.4 is 10.6 Å². The molecule has 0 radical (unpaired) electrons. The molecule has 4 nitrogen and oxygen atoms in total. The van der Waals surface area contributed by atoms with E-state index in [4.69, 9.17) is 4.74 Å². The zero-order valence-corrected chi connectivity index (χ0v) is 13.4. The lowest BCUT2D eigenvalue weighted by atomic mass is 9.86. The van der Waals surface area contributed by atoms with Crippen molar-refractivity contribution in [2.24, 2.45) is 0 Å². The van der Waals surface area contributed by atoms with Crippen LogP contribution >= 0.6 is 0 Å². The molecule has 1 aliphatic carbocycles. The number of rotatable bonds is 4. The third kappa shape index (κ3) is 5.05. The lowest BCUT2D eigenvalue weighted by Crippen LogP contribution is -2.53. The first-order valence-electron chi connectivity index (χ1n) is 7.61. The van der Waals surface area contributed by atoms with Gasteiger partial charge in [-0.25, -0.2) is 4.79 Å². The van der Waals surface area contributed by atoms with Crippen molar-refractivity contribution in [1.82, 2.24) is 10.6 Å². The smallest absolute Gasteiger partial charge is 0.407 e. The van der Waals surface area contributed by atoms with E-state index < -0.39 is 5.60 Å². The van der Waals surface area contributed by atoms with Crippen LogP contribution in [0.5, 0.6) is 0 Å². The monoisotopic (exact) mass is 290 g/mol. The summed E-state index contributed by atoms with van der Waals surface area (Å²) in [5.74, 6) is 0. The van der Waals surface area contributed by atoms with Gasteiger partial charge in [0.1, 0.15) is 5.60 Å². The van der Waals surface area contributed by atoms with Gasteiger partial charge in [0.25, 0.3) is 0 Å². The van der Waals surface area contributed by atoms with Gasteiger partial charge in [-0.15, -0.1) is 0 Å². The van der Waals surface area contributed by atoms with Gasteiger partial charge >= 0.3 is 6.09 Å². The second kappa shape index (κ2) is 6.48. The van der Waals surface area contributed by atoms with Crippen molar-refractivity contribution < 1.29 is 9.53 Å². The number of carbonyl (C=O) groups is 1. The van der Waals surface area contributed by atoms with Gasteiger partial charge in [0.2, 0.25) is 0 Å². The van der Waals surface area contributed by atoms with Crippen LogP contribution in [0.15, 0.2) is 24.3 Å². The maximum absolute atomic E-state index is 11.6. The van der Waals surface area contributed by atoms with E-state index in [0.29, 0.717) is 6.04 Å². The third-order valence-corrected chi connectivity index (χ3v) is 3.70. The van der Waals surface area contributed by atoms with Crippen molar-refractivity contribution in [2.75, 3.05) is 0 Å². The van der Waals surface area contributed by atoms with Gasteiger partial charge in [-0.3, -0.25) is 0 Å². The quantitative estimate of drug-likeness (QED) is 0.895. The second-order valence-electron chi connectivity index (χ2n) is 6.82. The van der Waals surface area contributed by atoms with Crippen LogP contribution in [0.3, 0.4) is 0 Å². The molecule has 0 saturated heterocycles. The largest absolute Gasteiger partial charge is 0.444 e. The Morgan fingerprint density at radius 1 is 1.24 bits per heavy atom. The van der Waals surface area contributed by atoms with Gasteiger partial charge in [0, 0.05) is 18.6 Å². The normalized spacial score (nSPS) is 21.5. The summed E-state index contributed by atoms with van der Waals surface area (Å²) in [6.07, 6.45) is 1.61. The molecular formula is C17H26N2O2. The number of amides is 1. The first-order valence-corrected chi connectivity index (χ1v) is 7.61. The molecule has 1 saturated carbocycles. The summed E-state index contributed by atoms with van der Waals surface area (Å²) in [6, 6.07) is 9.11. The molecule has 116 valence electrons. The highest BCUT2D eigenvalue weighted by molar-refractivity contribution is 5.68. The van der Waals surface area contributed by atoms with Crippen LogP contribution in [-0.4, -0.2) is 23.8 Å². The highest BCUT2D eigenvalue weighted by atomic mass is 16.6. The minimum Gasteiger partial charge on any atom is -0.444 e. The molecule has 1 aromatic carbocycles. The minimum absolute atomic E-state index is 0.231. The van der Waals surface area contributed by atoms with Crippen LogP contribution in [-0.2, 0) is 11.3 Å². The average molecular weight is 290 g/mol. The number of hydrogen-bond acceptors (Lipinski definition) is 3. The predicted molar refractivity (Wildman–Crippen MR) is 84.2 cm³/mol. The van der Waals surface area contributed by atoms with E-state index in [1.807, 2.05) is 20.8 Å². The van der Waals surface area contributed by atoms with E-state index in [9.17, 15) is 4.79 Å². The van der Waals surface area contributed by atoms with Gasteiger partial charge in [-0.05, 0) is 51.7 Å². The number of carbonyl (C=O) groups excluding carboxylic acids is 1. The molecule has 2 N–H and O–H groups in total. The van der Waals surface area contributed by atoms with E-state index in [-0.39, 0.29) is 12.1 Å². The number of nitrogens with one attached hydrogen (secondary N) is 2. The predicted octanol–water partition coefficient (Wildman–Crippen LogP) is 3.14. The fourth-order valence-electron chi connectivity index (χ4n) is 2.44. The number of hydrogen-bond donors (Lipinski definition) is 2. The van der Waals surface area contributed by atoms with Crippen LogP contribution in [0.1, 0.15) is 44.7 Å². The lowest BCUT2D eigenvalue weighted by molar-refractivity contribution is 0.0465. The number of benzene rings is 1. The van der Waals surface area contributed by atoms with Crippen molar-refractivity contribution in [3.05, 3.63) is 35.4 Å². The Kier molecular flexibility index (Phi) is 4.88. The van der Waals surface area contributed by atoms with Gasteiger partial charge in [0.05, 0.1) is 0 Å². The first kappa shape index (κ1) is 15.8. The van der Waals surface area contributed by atoms with Crippen molar-refractivity contribution in [3.8, 4) is 0 Å². The highest BCUT2D eigenvalue weighted by Crippen LogP contribution is 2.21. The molecule has 21 heavy (non-hydrogen) atoms. The summed E-state index contributed by atoms with van der Waals surface area (Å²) in [7, 11) is 0. The Balaban J connectivity index is 1.66. The molecule has 0 heterocycles. The molecule has 2 rings (SSSR count). The van der Waals surface area contributed by atoms with E-state index in [2.05, 4.69) is 41.8 Å². The molecule has 0 atom stereocenters. The highest BCUT2D eigenvalue weighted by Gasteiger charge is 2.31. The molecule has 1 amide bonds. The molecule has 0 bridgehead atoms. The fraction of sp³-hybridized carbons (Fsp3) is 0.588. The zero-order valence-electron chi connectivity index (χ0n) is 13.4. The van der Waals surface area contributed by atoms with Crippen molar-refractivity contribution in [2.45, 2.75) is 64.8 Å². The Hall–Kier alpha value is -1.55. The minimum atomic E-state index is -0.434. The Labute approximate surface area is 127 Å². The molecular weight excluding hydrogens is 264 g/mol. The molecule has 0 unspecified atom stereocenters. The fourth-order valence-corrected chi connectivity index (χ4v) is 2.44. The third-order valence-electron chi connectivity index (χ3n) is 3.70. The molecule has 1 aliphatic rings. The summed E-state index contributed by atoms with van der Waals surface area (Å²) in [5.41, 5.74) is 2.21. The van der Waals surface area contributed by atoms with Gasteiger partial charge < -0.3 is 15.4 Å². The number of aryl methyl sites for hydroxylation is 1. The second-order valence-corrected chi connectivity index (χ2v) is 6.82. The van der Waals surface area contributed by atoms with Gasteiger partial charge in [0.15, 0.2) is 0 Å². The summed E-state index contributed by atoms with van der Waals surface area (Å²) >= 11 is 0. The first-order chi connectivity index (χ1) is 9.83. The van der Waals surface area contributed by atoms with Crippen molar-refractivity contribution >= 4 is 6.09 Å². The molecule has 1 aromatic rings. The SMILES string of the molecule is Cc1ccccc1CNC1CC(NC(=O)OC(C)(C)C)C1. The van der Waals surface area contributed by atoms with Crippen LogP contribution in [0, 0.1) is 6.92 Å². The number of alkyl carbamates (subject to hydrolysis) is 1. The number of ether oxygens (including phenoxy) is 1. The average Bonchev–Trinajstić information content (AvgIpc) is 2.31. The van der Waals surface area contributed by atoms with E-state index in [1.165, 1.54) is 11.1 Å². The topological polar surface area (TPSA) is 50.4 Å². The molecule has 0 aliphatic heterocycles. The van der Waals surface area contributed by atoms with Crippen LogP contribution in [0.4, 0.5) is 4.79 Å². The summed E-state index contributed by atoms with van der Waals surface area (Å²) in [6.45, 7) is 8.64. The maximum atomic E-state index is 11.6. The summed E-state index contributed by atoms with van der Waals surface area (Å²) < 4.78 is 5.25. The molecule has 1 fully saturated rings. The van der Waals surface area contributed by atoms with Gasteiger partial charge in [-0.1, -0.05) is 24.3 Å². The van der Waals surface area contributed by atoms with Crippen molar-refractivity contribution in [3.63, 3.8) is 0 Å². The molecule has 0 spiro atoms. The van der Waals surface area contributed by atoms with E-state index in [1.54, 1.807) is 0 Å². The summed E-state index contributed by atoms with van der Waals surface area (Å²) in [5, 5.41) is 6.45. The summed E-state index contributed by atoms with van der Waals surface area (Å²) in [4.78, 5) is 11.6. The maximum Gasteiger partial charge on any atom is 0.407 e. The van der Waals surface area contributed by atoms with E-state index in [0.717, 1.165) is 19.4 Å². The zero-order chi connectivity index (χ0) is 15.5. The van der Waals surface area contributed by atoms with Gasteiger partial charge in [-0.2, -0.15) is 0 Å². The Morgan fingerprint density at radius 2 is 1.90 bits per heavy atom. The Morgan fingerprint density at radius 3 is 2.52 bits per heavy atom.